The quantitative estimate of drug-likeness (QED) is 0.0452. The number of ether oxygens (including phenoxy) is 1. The predicted octanol–water partition coefficient (Wildman–Crippen LogP) is 15.0. The second-order valence-corrected chi connectivity index (χ2v) is 26.5. The molecule has 0 bridgehead atoms. The van der Waals surface area contributed by atoms with Gasteiger partial charge in [0.25, 0.3) is 11.9 Å². The molecule has 12 aromatic rings. The fourth-order valence-corrected chi connectivity index (χ4v) is 11.0. The SMILES string of the molecule is CC(C)c1ccc2cc[nH]c2n1.CC(C)c1ccc2ccn(-c3noc(C4CCN(C(=O)OC(C)(C)C)CC4)n3)c2n1.CC(C)c1ccc2ccn(-c3noc(C4CCNCC4)n3)c2n1.CC(C)c1ccc2ccn(/C(N)=N/O)c2n1.CC(C)c1ccc2ccn(C#N)c2n1.Cl. The third-order valence-electron chi connectivity index (χ3n) is 16.6. The van der Waals surface area contributed by atoms with Crippen LogP contribution in [0.25, 0.3) is 67.1 Å². The standard InChI is InChI=1S/C22H29N5O3.C17H21N5O.C11H14N4O.C11H11N3.C10H12N2.ClH/c1-14(2)17-7-6-15-10-13-27(18(15)23-17)20-24-19(30-25-20)16-8-11-26(12-9-16)21(28)29-22(3,4)5;1-11(2)14-4-3-12-7-10-22(15(12)19-14)17-20-16(23-21-17)13-5-8-18-9-6-13;1-7(2)9-4-3-8-5-6-15(10(8)13-9)11(12)14-16;1-8(2)10-4-3-9-5-6-14(7-12)11(9)13-10;1-7(2)9-4-3-8-5-6-11-10(8)12-9;/h6-7,10,13-14,16H,8-9,11-12H2,1-5H3;3-4,7,10-11,13,18H,5-6,8-9H2,1-2H3;3-7,16H,1-2H3,(H2,12,14);3-6,8H,1-2H3;3-7H,1-2H3,(H,11,12);1H. The summed E-state index contributed by atoms with van der Waals surface area (Å²) in [4.78, 5) is 49.3. The molecular formula is C71H88ClN19O5. The van der Waals surface area contributed by atoms with Crippen molar-refractivity contribution in [1.82, 2.24) is 78.7 Å². The van der Waals surface area contributed by atoms with Crippen molar-refractivity contribution in [3.63, 3.8) is 0 Å². The number of aromatic nitrogens is 14. The molecule has 0 unspecified atom stereocenters. The van der Waals surface area contributed by atoms with Gasteiger partial charge in [0.2, 0.25) is 17.7 Å². The minimum absolute atomic E-state index is 0. The van der Waals surface area contributed by atoms with Gasteiger partial charge in [0.1, 0.15) is 28.2 Å². The van der Waals surface area contributed by atoms with E-state index in [1.165, 1.54) is 9.95 Å². The van der Waals surface area contributed by atoms with E-state index in [1.54, 1.807) is 21.9 Å². The molecular weight excluding hydrogens is 1230 g/mol. The average molecular weight is 1320 g/mol. The van der Waals surface area contributed by atoms with Crippen LogP contribution in [0.5, 0.6) is 0 Å². The highest BCUT2D eigenvalue weighted by molar-refractivity contribution is 5.91. The van der Waals surface area contributed by atoms with E-state index in [0.717, 1.165) is 117 Å². The van der Waals surface area contributed by atoms with Crippen molar-refractivity contribution in [2.24, 2.45) is 10.9 Å². The summed E-state index contributed by atoms with van der Waals surface area (Å²) < 4.78 is 23.4. The molecule has 1 amide bonds. The van der Waals surface area contributed by atoms with Crippen molar-refractivity contribution in [3.8, 4) is 18.1 Å². The summed E-state index contributed by atoms with van der Waals surface area (Å²) in [5, 5.41) is 37.5. The number of H-pyrrole nitrogens is 1. The first-order chi connectivity index (χ1) is 45.6. The number of fused-ring (bicyclic) bond motifs is 5. The highest BCUT2D eigenvalue weighted by atomic mass is 35.5. The Hall–Kier alpha value is -9.99. The van der Waals surface area contributed by atoms with Crippen LogP contribution in [0.1, 0.15) is 197 Å². The molecule has 2 aliphatic rings. The van der Waals surface area contributed by atoms with Gasteiger partial charge in [0, 0.05) is 111 Å². The van der Waals surface area contributed by atoms with Crippen LogP contribution in [-0.2, 0) is 4.74 Å². The monoisotopic (exact) mass is 1320 g/mol. The van der Waals surface area contributed by atoms with E-state index in [1.807, 2.05) is 103 Å². The first-order valence-electron chi connectivity index (χ1n) is 32.7. The molecule has 2 saturated heterocycles. The van der Waals surface area contributed by atoms with Crippen molar-refractivity contribution >= 4 is 79.6 Å². The van der Waals surface area contributed by atoms with Gasteiger partial charge in [-0.1, -0.05) is 74.4 Å². The molecule has 0 aliphatic carbocycles. The number of amides is 1. The zero-order chi connectivity index (χ0) is 67.7. The number of oxime groups is 1. The topological polar surface area (TPSA) is 302 Å². The number of carbonyl (C=O) groups is 1. The van der Waals surface area contributed by atoms with E-state index in [4.69, 9.17) is 40.0 Å². The van der Waals surface area contributed by atoms with Crippen LogP contribution in [0, 0.1) is 11.5 Å². The van der Waals surface area contributed by atoms with Gasteiger partial charge in [-0.25, -0.2) is 34.3 Å². The second-order valence-electron chi connectivity index (χ2n) is 26.5. The summed E-state index contributed by atoms with van der Waals surface area (Å²) >= 11 is 0. The maximum absolute atomic E-state index is 12.3. The molecule has 0 radical (unpaired) electrons. The summed E-state index contributed by atoms with van der Waals surface area (Å²) in [5.41, 5.74) is 14.5. The van der Waals surface area contributed by atoms with E-state index < -0.39 is 5.60 Å². The molecule has 5 N–H and O–H groups in total. The lowest BCUT2D eigenvalue weighted by Gasteiger charge is -2.32. The summed E-state index contributed by atoms with van der Waals surface area (Å²) in [6, 6.07) is 30.3. The number of pyridine rings is 5. The number of piperidine rings is 2. The lowest BCUT2D eigenvalue weighted by Crippen LogP contribution is -2.41. The lowest BCUT2D eigenvalue weighted by molar-refractivity contribution is 0.0198. The molecule has 504 valence electrons. The highest BCUT2D eigenvalue weighted by Gasteiger charge is 2.31. The third-order valence-corrected chi connectivity index (χ3v) is 16.6. The van der Waals surface area contributed by atoms with Gasteiger partial charge in [-0.05, 0) is 190 Å². The molecule has 12 aromatic heterocycles. The van der Waals surface area contributed by atoms with Crippen molar-refractivity contribution in [1.29, 1.82) is 5.26 Å². The number of nitrogens with zero attached hydrogens (tertiary/aromatic N) is 16. The summed E-state index contributed by atoms with van der Waals surface area (Å²) in [6.07, 6.45) is 14.7. The first-order valence-corrected chi connectivity index (χ1v) is 32.7. The fourth-order valence-electron chi connectivity index (χ4n) is 11.0. The fraction of sp³-hybridized carbons (Fsp3) is 0.408. The normalized spacial score (nSPS) is 14.0. The van der Waals surface area contributed by atoms with Crippen LogP contribution in [-0.4, -0.2) is 122 Å². The maximum atomic E-state index is 12.3. The molecule has 2 fully saturated rings. The number of likely N-dealkylation sites (tertiary alicyclic amines) is 1. The summed E-state index contributed by atoms with van der Waals surface area (Å²) in [5.74, 6) is 4.88. The number of halogens is 1. The van der Waals surface area contributed by atoms with Gasteiger partial charge in [-0.15, -0.1) is 12.4 Å². The smallest absolute Gasteiger partial charge is 0.410 e. The van der Waals surface area contributed by atoms with Crippen LogP contribution in [0.2, 0.25) is 0 Å². The lowest BCUT2D eigenvalue weighted by atomic mass is 9.97. The van der Waals surface area contributed by atoms with Crippen molar-refractivity contribution in [3.05, 3.63) is 162 Å². The number of nitrogens with two attached hydrogens (primary N) is 1. The molecule has 96 heavy (non-hydrogen) atoms. The van der Waals surface area contributed by atoms with E-state index in [-0.39, 0.29) is 30.4 Å². The first kappa shape index (κ1) is 70.3. The van der Waals surface area contributed by atoms with E-state index in [2.05, 4.69) is 163 Å². The van der Waals surface area contributed by atoms with Crippen LogP contribution >= 0.6 is 12.4 Å². The molecule has 24 nitrogen and oxygen atoms in total. The molecule has 0 spiro atoms. The van der Waals surface area contributed by atoms with Gasteiger partial charge in [-0.3, -0.25) is 13.7 Å². The Labute approximate surface area is 564 Å². The number of nitriles is 1. The van der Waals surface area contributed by atoms with Crippen LogP contribution < -0.4 is 11.1 Å². The number of nitrogens with one attached hydrogen (secondary N) is 2. The van der Waals surface area contributed by atoms with Crippen LogP contribution in [0.3, 0.4) is 0 Å². The summed E-state index contributed by atoms with van der Waals surface area (Å²) in [7, 11) is 0. The summed E-state index contributed by atoms with van der Waals surface area (Å²) in [6.45, 7) is 30.0. The second kappa shape index (κ2) is 31.0. The Morgan fingerprint density at radius 1 is 0.573 bits per heavy atom. The molecule has 25 heteroatoms. The van der Waals surface area contributed by atoms with Crippen molar-refractivity contribution < 1.29 is 23.8 Å². The van der Waals surface area contributed by atoms with E-state index in [9.17, 15) is 4.79 Å². The third kappa shape index (κ3) is 16.7. The molecule has 14 rings (SSSR count). The van der Waals surface area contributed by atoms with Gasteiger partial charge >= 0.3 is 6.09 Å². The van der Waals surface area contributed by atoms with Crippen LogP contribution in [0.15, 0.2) is 136 Å². The zero-order valence-electron chi connectivity index (χ0n) is 57.0. The Balaban J connectivity index is 0.000000146. The van der Waals surface area contributed by atoms with Crippen LogP contribution in [0.4, 0.5) is 4.79 Å². The van der Waals surface area contributed by atoms with E-state index >= 15 is 0 Å². The average Bonchev–Trinajstić information content (AvgIpc) is 1.65. The molecule has 0 aromatic carbocycles. The number of aromatic amines is 1. The number of rotatable bonds is 9. The Morgan fingerprint density at radius 3 is 1.46 bits per heavy atom. The van der Waals surface area contributed by atoms with Gasteiger partial charge in [0.05, 0.1) is 0 Å². The zero-order valence-corrected chi connectivity index (χ0v) is 57.8. The minimum Gasteiger partial charge on any atom is -0.444 e. The van der Waals surface area contributed by atoms with Crippen molar-refractivity contribution in [2.45, 2.75) is 163 Å². The molecule has 0 saturated carbocycles. The predicted molar refractivity (Wildman–Crippen MR) is 376 cm³/mol. The molecule has 2 aliphatic heterocycles. The van der Waals surface area contributed by atoms with Gasteiger partial charge in [-0.2, -0.15) is 15.2 Å². The number of hydrogen-bond acceptors (Lipinski definition) is 17. The highest BCUT2D eigenvalue weighted by Crippen LogP contribution is 2.31. The van der Waals surface area contributed by atoms with Crippen molar-refractivity contribution in [2.75, 3.05) is 26.2 Å². The number of carbonyl (C=O) groups excluding carboxylic acids is 1. The van der Waals surface area contributed by atoms with Gasteiger partial charge < -0.3 is 39.9 Å². The number of hydrogen-bond donors (Lipinski definition) is 4. The maximum Gasteiger partial charge on any atom is 0.410 e. The minimum atomic E-state index is -0.488. The molecule has 14 heterocycles. The largest absolute Gasteiger partial charge is 0.444 e. The van der Waals surface area contributed by atoms with E-state index in [0.29, 0.717) is 72.0 Å². The van der Waals surface area contributed by atoms with Gasteiger partial charge in [0.15, 0.2) is 11.8 Å². The Kier molecular flexibility index (Phi) is 22.7. The Morgan fingerprint density at radius 2 is 0.990 bits per heavy atom. The Bertz CT molecular complexity index is 4610. The molecule has 0 atom stereocenters.